The first-order valence-corrected chi connectivity index (χ1v) is 13.3. The van der Waals surface area contributed by atoms with Crippen LogP contribution in [0.5, 0.6) is 0 Å². The van der Waals surface area contributed by atoms with Gasteiger partial charge in [0.2, 0.25) is 0 Å². The molecule has 0 spiro atoms. The highest BCUT2D eigenvalue weighted by molar-refractivity contribution is 9.10. The van der Waals surface area contributed by atoms with E-state index in [-0.39, 0.29) is 18.0 Å². The molecule has 1 saturated heterocycles. The van der Waals surface area contributed by atoms with Gasteiger partial charge in [0.15, 0.2) is 0 Å². The number of benzene rings is 4. The Bertz CT molecular complexity index is 1270. The Morgan fingerprint density at radius 2 is 1.30 bits per heavy atom. The zero-order chi connectivity index (χ0) is 25.7. The molecular formula is C33H29BrN2O. The van der Waals surface area contributed by atoms with Crippen molar-refractivity contribution in [2.45, 2.75) is 23.6 Å². The number of hydrogen-bond acceptors (Lipinski definition) is 3. The summed E-state index contributed by atoms with van der Waals surface area (Å²) in [5.74, 6) is 0.0144. The average molecular weight is 550 g/mol. The van der Waals surface area contributed by atoms with Crippen LogP contribution in [0.4, 0.5) is 0 Å². The minimum Gasteiger partial charge on any atom is -0.359 e. The SMILES string of the molecule is C=CCN1[C@@H](C#N)[C@@H](c2ccccc2Br)[C@@H]1COC(c1ccccc1)(c1ccccc1)c1ccccc1. The van der Waals surface area contributed by atoms with Crippen LogP contribution in [0, 0.1) is 11.3 Å². The van der Waals surface area contributed by atoms with Crippen LogP contribution in [-0.4, -0.2) is 30.1 Å². The molecule has 0 bridgehead atoms. The van der Waals surface area contributed by atoms with Crippen LogP contribution in [0.25, 0.3) is 0 Å². The molecule has 37 heavy (non-hydrogen) atoms. The molecule has 4 heteroatoms. The van der Waals surface area contributed by atoms with Crippen LogP contribution in [0.15, 0.2) is 132 Å². The maximum absolute atomic E-state index is 10.1. The molecule has 4 aromatic rings. The Hall–Kier alpha value is -3.49. The van der Waals surface area contributed by atoms with Crippen molar-refractivity contribution in [3.8, 4) is 6.07 Å². The molecule has 4 aromatic carbocycles. The lowest BCUT2D eigenvalue weighted by Crippen LogP contribution is -2.64. The van der Waals surface area contributed by atoms with Gasteiger partial charge in [-0.1, -0.05) is 131 Å². The number of halogens is 1. The van der Waals surface area contributed by atoms with Crippen LogP contribution in [-0.2, 0) is 10.3 Å². The van der Waals surface area contributed by atoms with Crippen LogP contribution in [0.2, 0.25) is 0 Å². The number of rotatable bonds is 9. The second-order valence-corrected chi connectivity index (χ2v) is 10.1. The summed E-state index contributed by atoms with van der Waals surface area (Å²) < 4.78 is 8.17. The Balaban J connectivity index is 1.60. The molecule has 1 aliphatic heterocycles. The molecule has 0 radical (unpaired) electrons. The normalized spacial score (nSPS) is 19.5. The summed E-state index contributed by atoms with van der Waals surface area (Å²) in [4.78, 5) is 2.20. The third-order valence-corrected chi connectivity index (χ3v) is 8.01. The molecule has 0 unspecified atom stereocenters. The van der Waals surface area contributed by atoms with E-state index in [1.54, 1.807) is 0 Å². The lowest BCUT2D eigenvalue weighted by molar-refractivity contribution is -0.0752. The predicted molar refractivity (Wildman–Crippen MR) is 152 cm³/mol. The van der Waals surface area contributed by atoms with Crippen LogP contribution in [0.1, 0.15) is 28.2 Å². The minimum atomic E-state index is -0.806. The molecular weight excluding hydrogens is 520 g/mol. The molecule has 3 nitrogen and oxygen atoms in total. The second kappa shape index (κ2) is 11.3. The quantitative estimate of drug-likeness (QED) is 0.162. The van der Waals surface area contributed by atoms with Gasteiger partial charge in [-0.3, -0.25) is 4.90 Å². The first kappa shape index (κ1) is 25.2. The van der Waals surface area contributed by atoms with Crippen LogP contribution >= 0.6 is 15.9 Å². The first-order chi connectivity index (χ1) is 18.2. The van der Waals surface area contributed by atoms with E-state index in [9.17, 15) is 5.26 Å². The number of nitrogens with zero attached hydrogens (tertiary/aromatic N) is 2. The van der Waals surface area contributed by atoms with Gasteiger partial charge >= 0.3 is 0 Å². The van der Waals surface area contributed by atoms with Gasteiger partial charge in [-0.25, -0.2) is 0 Å². The fraction of sp³-hybridized carbons (Fsp3) is 0.182. The lowest BCUT2D eigenvalue weighted by atomic mass is 9.75. The number of hydrogen-bond donors (Lipinski definition) is 0. The Morgan fingerprint density at radius 1 is 0.811 bits per heavy atom. The fourth-order valence-corrected chi connectivity index (χ4v) is 6.13. The maximum Gasteiger partial charge on any atom is 0.143 e. The molecule has 184 valence electrons. The second-order valence-electron chi connectivity index (χ2n) is 9.26. The standard InChI is InChI=1S/C33H29BrN2O/c1-2-22-36-30(23-35)32(28-20-12-13-21-29(28)34)31(36)24-37-33(25-14-6-3-7-15-25,26-16-8-4-9-17-26)27-18-10-5-11-19-27/h2-21,30-32H,1,22,24H2/t30-,31-,32+/m0/s1. The van der Waals surface area contributed by atoms with Crippen molar-refractivity contribution in [1.29, 1.82) is 5.26 Å². The van der Waals surface area contributed by atoms with Gasteiger partial charge in [0.05, 0.1) is 12.7 Å². The van der Waals surface area contributed by atoms with Gasteiger partial charge in [-0.15, -0.1) is 6.58 Å². The van der Waals surface area contributed by atoms with Crippen molar-refractivity contribution >= 4 is 15.9 Å². The van der Waals surface area contributed by atoms with Crippen molar-refractivity contribution in [3.05, 3.63) is 155 Å². The van der Waals surface area contributed by atoms with Crippen molar-refractivity contribution in [2.75, 3.05) is 13.2 Å². The maximum atomic E-state index is 10.1. The van der Waals surface area contributed by atoms with E-state index in [4.69, 9.17) is 4.74 Å². The highest BCUT2D eigenvalue weighted by Crippen LogP contribution is 2.46. The number of ether oxygens (including phenoxy) is 1. The van der Waals surface area contributed by atoms with Crippen molar-refractivity contribution in [1.82, 2.24) is 4.90 Å². The van der Waals surface area contributed by atoms with E-state index in [0.29, 0.717) is 13.2 Å². The van der Waals surface area contributed by atoms with Gasteiger partial charge in [0, 0.05) is 23.0 Å². The zero-order valence-corrected chi connectivity index (χ0v) is 22.2. The molecule has 0 aliphatic carbocycles. The summed E-state index contributed by atoms with van der Waals surface area (Å²) in [7, 11) is 0. The molecule has 3 atom stereocenters. The predicted octanol–water partition coefficient (Wildman–Crippen LogP) is 7.30. The molecule has 0 amide bonds. The van der Waals surface area contributed by atoms with Gasteiger partial charge in [0.25, 0.3) is 0 Å². The number of likely N-dealkylation sites (tertiary alicyclic amines) is 1. The molecule has 5 rings (SSSR count). The summed E-state index contributed by atoms with van der Waals surface area (Å²) in [5, 5.41) is 10.1. The van der Waals surface area contributed by atoms with E-state index in [1.807, 2.05) is 42.5 Å². The van der Waals surface area contributed by atoms with Crippen molar-refractivity contribution in [3.63, 3.8) is 0 Å². The Morgan fingerprint density at radius 3 is 1.76 bits per heavy atom. The van der Waals surface area contributed by atoms with E-state index < -0.39 is 5.60 Å². The Labute approximate surface area is 227 Å². The summed E-state index contributed by atoms with van der Waals surface area (Å²) in [6.07, 6.45) is 1.87. The molecule has 0 aromatic heterocycles. The van der Waals surface area contributed by atoms with E-state index in [2.05, 4.69) is 112 Å². The topological polar surface area (TPSA) is 36.3 Å². The fourth-order valence-electron chi connectivity index (χ4n) is 5.58. The van der Waals surface area contributed by atoms with E-state index >= 15 is 0 Å². The monoisotopic (exact) mass is 548 g/mol. The van der Waals surface area contributed by atoms with Crippen molar-refractivity contribution in [2.24, 2.45) is 0 Å². The third-order valence-electron chi connectivity index (χ3n) is 7.29. The van der Waals surface area contributed by atoms with Crippen LogP contribution < -0.4 is 0 Å². The summed E-state index contributed by atoms with van der Waals surface area (Å²) in [6.45, 7) is 5.02. The first-order valence-electron chi connectivity index (χ1n) is 12.5. The zero-order valence-electron chi connectivity index (χ0n) is 20.6. The summed E-state index contributed by atoms with van der Waals surface area (Å²) in [6, 6.07) is 41.7. The Kier molecular flexibility index (Phi) is 7.67. The molecule has 1 heterocycles. The average Bonchev–Trinajstić information content (AvgIpc) is 2.95. The minimum absolute atomic E-state index is 0.0110. The highest BCUT2D eigenvalue weighted by atomic mass is 79.9. The van der Waals surface area contributed by atoms with Crippen molar-refractivity contribution < 1.29 is 4.74 Å². The molecule has 1 aliphatic rings. The van der Waals surface area contributed by atoms with E-state index in [1.165, 1.54) is 0 Å². The summed E-state index contributed by atoms with van der Waals surface area (Å²) in [5.41, 5.74) is 3.52. The van der Waals surface area contributed by atoms with Gasteiger partial charge in [-0.2, -0.15) is 5.26 Å². The van der Waals surface area contributed by atoms with Gasteiger partial charge in [-0.05, 0) is 28.3 Å². The summed E-state index contributed by atoms with van der Waals surface area (Å²) >= 11 is 3.73. The highest BCUT2D eigenvalue weighted by Gasteiger charge is 2.51. The van der Waals surface area contributed by atoms with Gasteiger partial charge < -0.3 is 4.74 Å². The van der Waals surface area contributed by atoms with Crippen LogP contribution in [0.3, 0.4) is 0 Å². The smallest absolute Gasteiger partial charge is 0.143 e. The third kappa shape index (κ3) is 4.67. The molecule has 0 saturated carbocycles. The number of nitriles is 1. The van der Waals surface area contributed by atoms with E-state index in [0.717, 1.165) is 26.7 Å². The molecule has 0 N–H and O–H groups in total. The lowest BCUT2D eigenvalue weighted by Gasteiger charge is -2.53. The molecule has 1 fully saturated rings. The largest absolute Gasteiger partial charge is 0.359 e. The van der Waals surface area contributed by atoms with Gasteiger partial charge in [0.1, 0.15) is 11.6 Å².